The molecule has 0 bridgehead atoms. The molecular weight excluding hydrogens is 300 g/mol. The van der Waals surface area contributed by atoms with Gasteiger partial charge in [0.05, 0.1) is 0 Å². The Morgan fingerprint density at radius 1 is 1.32 bits per heavy atom. The fourth-order valence-corrected chi connectivity index (χ4v) is 3.27. The number of aromatic hydroxyl groups is 1. The number of fused-ring (bicyclic) bond motifs is 1. The van der Waals surface area contributed by atoms with Gasteiger partial charge in [-0.3, -0.25) is 0 Å². The van der Waals surface area contributed by atoms with Crippen LogP contribution in [0.25, 0.3) is 11.0 Å². The Bertz CT molecular complexity index is 883. The fraction of sp³-hybridized carbons (Fsp3) is 0.250. The van der Waals surface area contributed by atoms with Crippen LogP contribution in [-0.2, 0) is 19.2 Å². The molecule has 3 rings (SSSR count). The average Bonchev–Trinajstić information content (AvgIpc) is 2.89. The van der Waals surface area contributed by atoms with Crippen LogP contribution in [0.2, 0.25) is 0 Å². The number of phenols is 1. The first-order valence-electron chi connectivity index (χ1n) is 6.97. The molecule has 1 N–H and O–H groups in total. The summed E-state index contributed by atoms with van der Waals surface area (Å²) >= 11 is 1.56. The molecule has 0 saturated heterocycles. The molecule has 0 aliphatic heterocycles. The molecular formula is C16H16N2O3S. The summed E-state index contributed by atoms with van der Waals surface area (Å²) in [5, 5.41) is 11.7. The number of benzene rings is 1. The lowest BCUT2D eigenvalue weighted by atomic mass is 10.1. The van der Waals surface area contributed by atoms with Crippen LogP contribution < -0.4 is 5.63 Å². The quantitative estimate of drug-likeness (QED) is 0.592. The highest BCUT2D eigenvalue weighted by molar-refractivity contribution is 7.98. The third kappa shape index (κ3) is 2.74. The number of hydrogen-bond acceptors (Lipinski definition) is 5. The maximum absolute atomic E-state index is 11.7. The molecule has 0 spiro atoms. The summed E-state index contributed by atoms with van der Waals surface area (Å²) in [6, 6.07) is 4.92. The van der Waals surface area contributed by atoms with Crippen molar-refractivity contribution in [2.45, 2.75) is 24.3 Å². The van der Waals surface area contributed by atoms with Crippen molar-refractivity contribution < 1.29 is 9.52 Å². The van der Waals surface area contributed by atoms with Gasteiger partial charge in [-0.1, -0.05) is 18.7 Å². The van der Waals surface area contributed by atoms with Gasteiger partial charge in [-0.2, -0.15) is 0 Å². The average molecular weight is 316 g/mol. The number of rotatable bonds is 4. The minimum absolute atomic E-state index is 0.159. The van der Waals surface area contributed by atoms with Crippen LogP contribution in [0.3, 0.4) is 0 Å². The topological polar surface area (TPSA) is 68.3 Å². The van der Waals surface area contributed by atoms with Gasteiger partial charge >= 0.3 is 5.63 Å². The summed E-state index contributed by atoms with van der Waals surface area (Å²) in [6.45, 7) is 1.97. The Labute approximate surface area is 131 Å². The fourth-order valence-electron chi connectivity index (χ4n) is 2.34. The van der Waals surface area contributed by atoms with Gasteiger partial charge in [0.1, 0.15) is 11.3 Å². The summed E-state index contributed by atoms with van der Waals surface area (Å²) in [7, 11) is 1.93. The van der Waals surface area contributed by atoms with Crippen LogP contribution in [0.4, 0.5) is 0 Å². The van der Waals surface area contributed by atoms with Crippen molar-refractivity contribution in [3.63, 3.8) is 0 Å². The Hall–Kier alpha value is -2.21. The van der Waals surface area contributed by atoms with Gasteiger partial charge in [0.2, 0.25) is 0 Å². The Morgan fingerprint density at radius 2 is 2.14 bits per heavy atom. The van der Waals surface area contributed by atoms with Crippen LogP contribution in [0.1, 0.15) is 18.1 Å². The summed E-state index contributed by atoms with van der Waals surface area (Å²) in [5.74, 6) is 0.771. The molecule has 0 aliphatic carbocycles. The molecule has 5 nitrogen and oxygen atoms in total. The van der Waals surface area contributed by atoms with Crippen molar-refractivity contribution in [1.29, 1.82) is 0 Å². The van der Waals surface area contributed by atoms with E-state index in [1.807, 2.05) is 30.8 Å². The van der Waals surface area contributed by atoms with E-state index < -0.39 is 5.63 Å². The molecule has 1 aromatic carbocycles. The zero-order valence-electron chi connectivity index (χ0n) is 12.4. The smallest absolute Gasteiger partial charge is 0.336 e. The molecule has 2 aromatic heterocycles. The molecule has 0 atom stereocenters. The van der Waals surface area contributed by atoms with Crippen molar-refractivity contribution in [2.75, 3.05) is 0 Å². The van der Waals surface area contributed by atoms with Crippen molar-refractivity contribution >= 4 is 22.7 Å². The van der Waals surface area contributed by atoms with Gasteiger partial charge in [0.15, 0.2) is 5.16 Å². The Morgan fingerprint density at radius 3 is 2.82 bits per heavy atom. The van der Waals surface area contributed by atoms with Gasteiger partial charge < -0.3 is 14.1 Å². The van der Waals surface area contributed by atoms with E-state index in [9.17, 15) is 9.90 Å². The van der Waals surface area contributed by atoms with Crippen molar-refractivity contribution in [1.82, 2.24) is 9.55 Å². The van der Waals surface area contributed by atoms with Crippen molar-refractivity contribution in [3.8, 4) is 5.75 Å². The van der Waals surface area contributed by atoms with Crippen LogP contribution in [0.15, 0.2) is 45.0 Å². The molecule has 6 heteroatoms. The summed E-state index contributed by atoms with van der Waals surface area (Å²) in [4.78, 5) is 16.0. The second kappa shape index (κ2) is 5.88. The second-order valence-electron chi connectivity index (χ2n) is 5.03. The van der Waals surface area contributed by atoms with Crippen molar-refractivity contribution in [2.24, 2.45) is 7.05 Å². The molecule has 0 amide bonds. The van der Waals surface area contributed by atoms with Gasteiger partial charge in [-0.25, -0.2) is 9.78 Å². The minimum Gasteiger partial charge on any atom is -0.508 e. The van der Waals surface area contributed by atoms with Crippen LogP contribution in [-0.4, -0.2) is 14.7 Å². The van der Waals surface area contributed by atoms with Gasteiger partial charge in [0, 0.05) is 42.7 Å². The lowest BCUT2D eigenvalue weighted by Gasteiger charge is -2.08. The molecule has 114 valence electrons. The van der Waals surface area contributed by atoms with Crippen LogP contribution in [0.5, 0.6) is 5.75 Å². The summed E-state index contributed by atoms with van der Waals surface area (Å²) in [5.41, 5.74) is 1.72. The first kappa shape index (κ1) is 14.7. The number of aromatic nitrogens is 2. The maximum Gasteiger partial charge on any atom is 0.336 e. The first-order chi connectivity index (χ1) is 10.6. The zero-order chi connectivity index (χ0) is 15.7. The highest BCUT2D eigenvalue weighted by atomic mass is 32.2. The molecule has 0 radical (unpaired) electrons. The molecule has 0 saturated carbocycles. The van der Waals surface area contributed by atoms with Crippen molar-refractivity contribution in [3.05, 3.63) is 52.1 Å². The van der Waals surface area contributed by atoms with Gasteiger partial charge in [-0.15, -0.1) is 0 Å². The predicted molar refractivity (Wildman–Crippen MR) is 86.3 cm³/mol. The van der Waals surface area contributed by atoms with E-state index >= 15 is 0 Å². The van der Waals surface area contributed by atoms with E-state index in [2.05, 4.69) is 4.98 Å². The number of aryl methyl sites for hydroxylation is 2. The number of thioether (sulfide) groups is 1. The van der Waals surface area contributed by atoms with Crippen LogP contribution in [0, 0.1) is 0 Å². The predicted octanol–water partition coefficient (Wildman–Crippen LogP) is 3.09. The third-order valence-electron chi connectivity index (χ3n) is 3.54. The van der Waals surface area contributed by atoms with E-state index in [4.69, 9.17) is 4.42 Å². The monoisotopic (exact) mass is 316 g/mol. The van der Waals surface area contributed by atoms with Gasteiger partial charge in [0.25, 0.3) is 0 Å². The molecule has 0 unspecified atom stereocenters. The largest absolute Gasteiger partial charge is 0.508 e. The van der Waals surface area contributed by atoms with E-state index in [1.165, 1.54) is 12.1 Å². The van der Waals surface area contributed by atoms with E-state index in [0.717, 1.165) is 21.7 Å². The maximum atomic E-state index is 11.7. The van der Waals surface area contributed by atoms with E-state index in [-0.39, 0.29) is 5.75 Å². The highest BCUT2D eigenvalue weighted by Crippen LogP contribution is 2.30. The minimum atomic E-state index is -0.411. The lowest BCUT2D eigenvalue weighted by Crippen LogP contribution is -2.01. The number of phenolic OH excluding ortho intramolecular Hbond substituents is 1. The normalized spacial score (nSPS) is 11.2. The Balaban J connectivity index is 2.04. The van der Waals surface area contributed by atoms with E-state index in [1.54, 1.807) is 18.0 Å². The van der Waals surface area contributed by atoms with Gasteiger partial charge in [-0.05, 0) is 23.6 Å². The number of nitrogens with zero attached hydrogens (tertiary/aromatic N) is 2. The molecule has 0 fully saturated rings. The molecule has 22 heavy (non-hydrogen) atoms. The third-order valence-corrected chi connectivity index (χ3v) is 4.65. The number of hydrogen-bond donors (Lipinski definition) is 1. The zero-order valence-corrected chi connectivity index (χ0v) is 13.2. The summed E-state index contributed by atoms with van der Waals surface area (Å²) < 4.78 is 7.13. The highest BCUT2D eigenvalue weighted by Gasteiger charge is 2.11. The lowest BCUT2D eigenvalue weighted by molar-refractivity contribution is 0.466. The standard InChI is InChI=1S/C16H16N2O3S/c1-3-10-6-12-11(9-22-16-17-4-5-18(16)2)7-15(20)21-14(12)8-13(10)19/h4-8,19H,3,9H2,1-2H3. The SMILES string of the molecule is CCc1cc2c(CSc3nccn3C)cc(=O)oc2cc1O. The second-order valence-corrected chi connectivity index (χ2v) is 5.97. The van der Waals surface area contributed by atoms with Crippen LogP contribution >= 0.6 is 11.8 Å². The van der Waals surface area contributed by atoms with E-state index in [0.29, 0.717) is 17.8 Å². The Kier molecular flexibility index (Phi) is 3.94. The molecule has 0 aliphatic rings. The summed E-state index contributed by atoms with van der Waals surface area (Å²) in [6.07, 6.45) is 4.34. The molecule has 3 aromatic rings. The molecule has 2 heterocycles. The first-order valence-corrected chi connectivity index (χ1v) is 7.95. The number of imidazole rings is 1.